The first kappa shape index (κ1) is 35.1. The van der Waals surface area contributed by atoms with Crippen LogP contribution in [-0.4, -0.2) is 94.0 Å². The van der Waals surface area contributed by atoms with Crippen molar-refractivity contribution in [1.29, 1.82) is 0 Å². The molecule has 248 valence electrons. The van der Waals surface area contributed by atoms with Crippen molar-refractivity contribution >= 4 is 40.9 Å². The molecule has 9 heteroatoms. The summed E-state index contributed by atoms with van der Waals surface area (Å²) in [5, 5.41) is 10.7. The third kappa shape index (κ3) is 6.19. The van der Waals surface area contributed by atoms with Crippen LogP contribution in [0.3, 0.4) is 0 Å². The minimum absolute atomic E-state index is 0.0197. The van der Waals surface area contributed by atoms with Gasteiger partial charge in [-0.3, -0.25) is 14.4 Å². The Morgan fingerprint density at radius 2 is 1.69 bits per heavy atom. The molecule has 45 heavy (non-hydrogen) atoms. The van der Waals surface area contributed by atoms with Crippen LogP contribution < -0.4 is 9.80 Å². The van der Waals surface area contributed by atoms with Crippen molar-refractivity contribution in [3.63, 3.8) is 0 Å². The van der Waals surface area contributed by atoms with Gasteiger partial charge < -0.3 is 24.7 Å². The number of carbonyl (C=O) groups is 3. The third-order valence-corrected chi connectivity index (χ3v) is 12.1. The Hall–Kier alpha value is -2.78. The summed E-state index contributed by atoms with van der Waals surface area (Å²) in [6.07, 6.45) is 5.60. The molecule has 1 spiro atoms. The fourth-order valence-corrected chi connectivity index (χ4v) is 10.6. The number of hydrogen-bond donors (Lipinski definition) is 1. The first-order valence-corrected chi connectivity index (χ1v) is 17.7. The molecule has 3 unspecified atom stereocenters. The number of fused-ring (bicyclic) bond motifs is 1. The van der Waals surface area contributed by atoms with Gasteiger partial charge in [-0.1, -0.05) is 39.8 Å². The van der Waals surface area contributed by atoms with E-state index in [1.54, 1.807) is 33.7 Å². The van der Waals surface area contributed by atoms with E-state index in [9.17, 15) is 14.7 Å². The number of anilines is 2. The van der Waals surface area contributed by atoms with Crippen LogP contribution in [0.4, 0.5) is 11.4 Å². The molecule has 3 amide bonds. The second-order valence-electron chi connectivity index (χ2n) is 13.3. The molecule has 1 aromatic rings. The number of aliphatic hydroxyl groups is 1. The number of amides is 3. The minimum Gasteiger partial charge on any atom is -0.394 e. The number of nitrogens with zero attached hydrogens (tertiary/aromatic N) is 4. The van der Waals surface area contributed by atoms with Crippen LogP contribution in [0.5, 0.6) is 0 Å². The van der Waals surface area contributed by atoms with E-state index in [4.69, 9.17) is 0 Å². The zero-order valence-corrected chi connectivity index (χ0v) is 29.0. The zero-order valence-electron chi connectivity index (χ0n) is 28.2. The first-order valence-electron chi connectivity index (χ1n) is 16.8. The first-order chi connectivity index (χ1) is 21.6. The molecule has 1 N–H and O–H groups in total. The van der Waals surface area contributed by atoms with Crippen LogP contribution >= 0.6 is 11.8 Å². The molecule has 3 aliphatic rings. The Labute approximate surface area is 274 Å². The molecule has 3 fully saturated rings. The monoisotopic (exact) mass is 638 g/mol. The van der Waals surface area contributed by atoms with Crippen LogP contribution in [0.25, 0.3) is 0 Å². The van der Waals surface area contributed by atoms with Gasteiger partial charge in [-0.15, -0.1) is 24.9 Å². The lowest BCUT2D eigenvalue weighted by Crippen LogP contribution is -2.59. The van der Waals surface area contributed by atoms with E-state index in [0.29, 0.717) is 19.5 Å². The summed E-state index contributed by atoms with van der Waals surface area (Å²) in [5.41, 5.74) is 1.82. The van der Waals surface area contributed by atoms with E-state index in [2.05, 4.69) is 52.7 Å². The van der Waals surface area contributed by atoms with Crippen LogP contribution in [0.15, 0.2) is 49.6 Å². The summed E-state index contributed by atoms with van der Waals surface area (Å²) in [4.78, 5) is 51.6. The number of likely N-dealkylation sites (tertiary alicyclic amines) is 1. The molecule has 3 heterocycles. The molecule has 7 atom stereocenters. The maximum Gasteiger partial charge on any atom is 0.251 e. The molecule has 4 rings (SSSR count). The lowest BCUT2D eigenvalue weighted by Gasteiger charge is -2.42. The van der Waals surface area contributed by atoms with E-state index in [1.165, 1.54) is 0 Å². The van der Waals surface area contributed by atoms with E-state index in [-0.39, 0.29) is 48.0 Å². The molecule has 8 nitrogen and oxygen atoms in total. The number of carbonyl (C=O) groups excluding carboxylic acids is 3. The van der Waals surface area contributed by atoms with Crippen LogP contribution in [0, 0.1) is 23.7 Å². The third-order valence-electron chi connectivity index (χ3n) is 10.1. The topological polar surface area (TPSA) is 84.4 Å². The quantitative estimate of drug-likeness (QED) is 0.250. The van der Waals surface area contributed by atoms with Crippen molar-refractivity contribution in [2.45, 2.75) is 82.9 Å². The molecule has 0 aromatic heterocycles. The fraction of sp³-hybridized carbons (Fsp3) is 0.639. The molecular formula is C36H54N4O4S. The fourth-order valence-electron chi connectivity index (χ4n) is 8.19. The second kappa shape index (κ2) is 14.8. The minimum atomic E-state index is -0.810. The highest BCUT2D eigenvalue weighted by Gasteiger charge is 2.77. The number of benzene rings is 1. The highest BCUT2D eigenvalue weighted by molar-refractivity contribution is 8.02. The molecule has 0 saturated carbocycles. The van der Waals surface area contributed by atoms with Gasteiger partial charge in [0, 0.05) is 49.3 Å². The zero-order chi connectivity index (χ0) is 33.1. The van der Waals surface area contributed by atoms with Gasteiger partial charge in [0.2, 0.25) is 11.8 Å². The molecule has 3 aliphatic heterocycles. The molecule has 3 saturated heterocycles. The highest BCUT2D eigenvalue weighted by atomic mass is 32.2. The van der Waals surface area contributed by atoms with Crippen molar-refractivity contribution in [2.24, 2.45) is 23.7 Å². The summed E-state index contributed by atoms with van der Waals surface area (Å²) in [6, 6.07) is 6.68. The predicted octanol–water partition coefficient (Wildman–Crippen LogP) is 5.22. The molecular weight excluding hydrogens is 584 g/mol. The van der Waals surface area contributed by atoms with Crippen molar-refractivity contribution in [3.8, 4) is 0 Å². The predicted molar refractivity (Wildman–Crippen MR) is 185 cm³/mol. The van der Waals surface area contributed by atoms with E-state index in [0.717, 1.165) is 37.3 Å². The Morgan fingerprint density at radius 3 is 2.22 bits per heavy atom. The van der Waals surface area contributed by atoms with Crippen LogP contribution in [0.2, 0.25) is 0 Å². The summed E-state index contributed by atoms with van der Waals surface area (Å²) >= 11 is 1.68. The number of aliphatic hydroxyl groups excluding tert-OH is 1. The van der Waals surface area contributed by atoms with Gasteiger partial charge in [0.15, 0.2) is 0 Å². The smallest absolute Gasteiger partial charge is 0.251 e. The van der Waals surface area contributed by atoms with Gasteiger partial charge in [-0.05, 0) is 69.2 Å². The maximum atomic E-state index is 15.1. The Morgan fingerprint density at radius 1 is 1.07 bits per heavy atom. The lowest BCUT2D eigenvalue weighted by molar-refractivity contribution is -0.145. The molecule has 0 aliphatic carbocycles. The lowest BCUT2D eigenvalue weighted by atomic mass is 9.65. The standard InChI is InChI=1S/C36H54N4O4S/c1-9-18-38(19-10-2)33(42)30-29-22-25(8)36(45-29)31(30)34(43)40(28(23-41)21-24(6)7)32(36)35(44)39(20-11-3)27-16-14-26(15-17-27)37(12-4)13-5/h9,11,14-17,24-25,28-32,41H,1,3,10,12-13,18-23H2,2,4-8H3/t25?,28-,29+,30-,31+,32?,36?/m1/s1. The highest BCUT2D eigenvalue weighted by Crippen LogP contribution is 2.69. The van der Waals surface area contributed by atoms with Crippen molar-refractivity contribution in [1.82, 2.24) is 9.80 Å². The number of thioether (sulfide) groups is 1. The summed E-state index contributed by atoms with van der Waals surface area (Å²) in [6.45, 7) is 23.2. The molecule has 1 aromatic carbocycles. The van der Waals surface area contributed by atoms with Crippen LogP contribution in [0.1, 0.15) is 60.8 Å². The average molecular weight is 639 g/mol. The summed E-state index contributed by atoms with van der Waals surface area (Å²) in [7, 11) is 0. The van der Waals surface area contributed by atoms with Crippen molar-refractivity contribution in [3.05, 3.63) is 49.6 Å². The van der Waals surface area contributed by atoms with Crippen molar-refractivity contribution < 1.29 is 19.5 Å². The number of rotatable bonds is 16. The van der Waals surface area contributed by atoms with E-state index < -0.39 is 28.7 Å². The van der Waals surface area contributed by atoms with E-state index in [1.807, 2.05) is 36.1 Å². The van der Waals surface area contributed by atoms with Gasteiger partial charge in [-0.25, -0.2) is 0 Å². The van der Waals surface area contributed by atoms with Crippen LogP contribution in [-0.2, 0) is 14.4 Å². The maximum absolute atomic E-state index is 15.1. The van der Waals surface area contributed by atoms with E-state index >= 15 is 4.79 Å². The Balaban J connectivity index is 1.83. The molecule has 2 bridgehead atoms. The SMILES string of the molecule is C=CCN(CCC)C(=O)[C@@H]1[C@@H]2CC(C)C3(S2)C(C(=O)N(CC=C)c2ccc(N(CC)CC)cc2)N([C@@H](CO)CC(C)C)C(=O)[C@H]13. The Bertz CT molecular complexity index is 1230. The second-order valence-corrected chi connectivity index (χ2v) is 14.8. The van der Waals surface area contributed by atoms with Gasteiger partial charge in [0.1, 0.15) is 6.04 Å². The van der Waals surface area contributed by atoms with Gasteiger partial charge in [-0.2, -0.15) is 0 Å². The average Bonchev–Trinajstić information content (AvgIpc) is 3.62. The van der Waals surface area contributed by atoms with Gasteiger partial charge >= 0.3 is 0 Å². The normalized spacial score (nSPS) is 27.4. The van der Waals surface area contributed by atoms with Gasteiger partial charge in [0.05, 0.1) is 29.2 Å². The van der Waals surface area contributed by atoms with Crippen molar-refractivity contribution in [2.75, 3.05) is 49.1 Å². The largest absolute Gasteiger partial charge is 0.394 e. The summed E-state index contributed by atoms with van der Waals surface area (Å²) in [5.74, 6) is -1.26. The Kier molecular flexibility index (Phi) is 11.5. The number of hydrogen-bond acceptors (Lipinski definition) is 6. The molecule has 0 radical (unpaired) electrons. The summed E-state index contributed by atoms with van der Waals surface area (Å²) < 4.78 is -0.768. The van der Waals surface area contributed by atoms with Gasteiger partial charge in [0.25, 0.3) is 5.91 Å².